The van der Waals surface area contributed by atoms with E-state index in [2.05, 4.69) is 20.9 Å². The Labute approximate surface area is 175 Å². The van der Waals surface area contributed by atoms with Crippen molar-refractivity contribution < 1.29 is 14.4 Å². The predicted octanol–water partition coefficient (Wildman–Crippen LogP) is 1.02. The fourth-order valence-electron chi connectivity index (χ4n) is 3.54. The summed E-state index contributed by atoms with van der Waals surface area (Å²) >= 11 is 0. The second-order valence-electron chi connectivity index (χ2n) is 7.31. The van der Waals surface area contributed by atoms with Crippen LogP contribution in [0, 0.1) is 0 Å². The summed E-state index contributed by atoms with van der Waals surface area (Å²) in [6, 6.07) is 10.4. The molecule has 1 unspecified atom stereocenters. The number of hydrogen-bond acceptors (Lipinski definition) is 5. The van der Waals surface area contributed by atoms with Gasteiger partial charge in [-0.1, -0.05) is 12.1 Å². The number of nitrogens with one attached hydrogen (secondary N) is 4. The minimum absolute atomic E-state index is 0.236. The molecule has 1 aliphatic rings. The molecule has 4 rings (SSSR count). The number of carbonyl (C=O) groups excluding carboxylic acids is 3. The Morgan fingerprint density at radius 3 is 2.55 bits per heavy atom. The Balaban J connectivity index is 1.64. The van der Waals surface area contributed by atoms with Gasteiger partial charge in [-0.25, -0.2) is 9.59 Å². The summed E-state index contributed by atoms with van der Waals surface area (Å²) in [5.74, 6) is -0.957. The van der Waals surface area contributed by atoms with Gasteiger partial charge in [0.15, 0.2) is 0 Å². The molecule has 0 bridgehead atoms. The van der Waals surface area contributed by atoms with Crippen molar-refractivity contribution >= 4 is 34.4 Å². The highest BCUT2D eigenvalue weighted by molar-refractivity contribution is 6.08. The lowest BCUT2D eigenvalue weighted by molar-refractivity contribution is -0.123. The molecule has 4 amide bonds. The molecule has 158 valence electrons. The van der Waals surface area contributed by atoms with Gasteiger partial charge in [0.05, 0.1) is 10.9 Å². The monoisotopic (exact) mass is 421 g/mol. The first-order valence-corrected chi connectivity index (χ1v) is 9.55. The number of fused-ring (bicyclic) bond motifs is 1. The van der Waals surface area contributed by atoms with Crippen LogP contribution in [-0.4, -0.2) is 27.4 Å². The van der Waals surface area contributed by atoms with E-state index in [0.29, 0.717) is 16.6 Å². The average Bonchev–Trinajstić information content (AvgIpc) is 3.00. The third kappa shape index (κ3) is 3.37. The molecule has 2 heterocycles. The van der Waals surface area contributed by atoms with Crippen LogP contribution in [0.15, 0.2) is 52.1 Å². The maximum Gasteiger partial charge on any atom is 0.328 e. The SMILES string of the molecule is CCn1c(=O)[nH]c2cc(C(=O)Nc3cccc(C4(C)NC(=O)NC4=O)c3)ccc2c1=O. The van der Waals surface area contributed by atoms with E-state index in [1.54, 1.807) is 38.1 Å². The fraction of sp³-hybridized carbons (Fsp3) is 0.190. The molecule has 1 aromatic heterocycles. The molecule has 1 saturated heterocycles. The molecule has 3 aromatic rings. The van der Waals surface area contributed by atoms with Gasteiger partial charge in [0.25, 0.3) is 17.4 Å². The van der Waals surface area contributed by atoms with Gasteiger partial charge in [-0.2, -0.15) is 0 Å². The number of carbonyl (C=O) groups is 3. The Kier molecular flexibility index (Phi) is 4.69. The van der Waals surface area contributed by atoms with Crippen LogP contribution in [0.1, 0.15) is 29.8 Å². The molecule has 10 heteroatoms. The number of aromatic amines is 1. The number of rotatable bonds is 4. The molecule has 0 spiro atoms. The van der Waals surface area contributed by atoms with Crippen LogP contribution < -0.4 is 27.2 Å². The van der Waals surface area contributed by atoms with Crippen LogP contribution >= 0.6 is 0 Å². The second kappa shape index (κ2) is 7.24. The third-order valence-corrected chi connectivity index (χ3v) is 5.30. The Bertz CT molecular complexity index is 1370. The molecule has 2 aromatic carbocycles. The largest absolute Gasteiger partial charge is 0.328 e. The van der Waals surface area contributed by atoms with Crippen molar-refractivity contribution in [1.29, 1.82) is 0 Å². The molecule has 4 N–H and O–H groups in total. The smallest absolute Gasteiger partial charge is 0.322 e. The third-order valence-electron chi connectivity index (χ3n) is 5.30. The van der Waals surface area contributed by atoms with Gasteiger partial charge in [-0.15, -0.1) is 0 Å². The molecule has 1 atom stereocenters. The molecular weight excluding hydrogens is 402 g/mol. The van der Waals surface area contributed by atoms with Crippen molar-refractivity contribution in [2.45, 2.75) is 25.9 Å². The topological polar surface area (TPSA) is 142 Å². The molecule has 0 aliphatic carbocycles. The fourth-order valence-corrected chi connectivity index (χ4v) is 3.54. The standard InChI is InChI=1S/C21H19N5O5/c1-3-26-17(28)14-8-7-11(9-15(14)23-20(26)31)16(27)22-13-6-4-5-12(10-13)21(2)18(29)24-19(30)25-21/h4-10H,3H2,1-2H3,(H,22,27)(H,23,31)(H2,24,25,29,30). The van der Waals surface area contributed by atoms with E-state index >= 15 is 0 Å². The minimum Gasteiger partial charge on any atom is -0.322 e. The second-order valence-corrected chi connectivity index (χ2v) is 7.31. The lowest BCUT2D eigenvalue weighted by Crippen LogP contribution is -2.40. The first-order valence-electron chi connectivity index (χ1n) is 9.55. The summed E-state index contributed by atoms with van der Waals surface area (Å²) in [5.41, 5.74) is -0.815. The van der Waals surface area contributed by atoms with Crippen LogP contribution in [0.4, 0.5) is 10.5 Å². The van der Waals surface area contributed by atoms with Gasteiger partial charge in [-0.3, -0.25) is 24.3 Å². The molecule has 10 nitrogen and oxygen atoms in total. The molecule has 1 fully saturated rings. The van der Waals surface area contributed by atoms with E-state index in [4.69, 9.17) is 0 Å². The van der Waals surface area contributed by atoms with Crippen molar-refractivity contribution in [3.05, 3.63) is 74.4 Å². The van der Waals surface area contributed by atoms with E-state index in [-0.39, 0.29) is 17.6 Å². The van der Waals surface area contributed by atoms with E-state index in [9.17, 15) is 24.0 Å². The molecular formula is C21H19N5O5. The highest BCUT2D eigenvalue weighted by atomic mass is 16.2. The van der Waals surface area contributed by atoms with Gasteiger partial charge in [-0.05, 0) is 49.7 Å². The lowest BCUT2D eigenvalue weighted by Gasteiger charge is -2.21. The lowest BCUT2D eigenvalue weighted by atomic mass is 9.92. The number of hydrogen-bond donors (Lipinski definition) is 4. The van der Waals surface area contributed by atoms with E-state index in [0.717, 1.165) is 4.57 Å². The van der Waals surface area contributed by atoms with Crippen LogP contribution in [0.5, 0.6) is 0 Å². The first kappa shape index (κ1) is 20.1. The number of aromatic nitrogens is 2. The molecule has 0 saturated carbocycles. The maximum absolute atomic E-state index is 12.7. The summed E-state index contributed by atoms with van der Waals surface area (Å²) in [5, 5.41) is 7.79. The van der Waals surface area contributed by atoms with Crippen LogP contribution in [0.2, 0.25) is 0 Å². The van der Waals surface area contributed by atoms with Gasteiger partial charge in [0, 0.05) is 17.8 Å². The Morgan fingerprint density at radius 1 is 1.10 bits per heavy atom. The number of imide groups is 1. The zero-order valence-corrected chi connectivity index (χ0v) is 16.7. The first-order chi connectivity index (χ1) is 14.7. The van der Waals surface area contributed by atoms with E-state index < -0.39 is 34.6 Å². The van der Waals surface area contributed by atoms with Gasteiger partial charge in [0.2, 0.25) is 0 Å². The van der Waals surface area contributed by atoms with Gasteiger partial charge >= 0.3 is 11.7 Å². The number of urea groups is 1. The highest BCUT2D eigenvalue weighted by Crippen LogP contribution is 2.26. The van der Waals surface area contributed by atoms with Crippen LogP contribution in [0.25, 0.3) is 10.9 Å². The number of anilines is 1. The predicted molar refractivity (Wildman–Crippen MR) is 113 cm³/mol. The van der Waals surface area contributed by atoms with Crippen molar-refractivity contribution in [3.8, 4) is 0 Å². The van der Waals surface area contributed by atoms with Gasteiger partial charge in [0.1, 0.15) is 5.54 Å². The van der Waals surface area contributed by atoms with Crippen molar-refractivity contribution in [2.75, 3.05) is 5.32 Å². The summed E-state index contributed by atoms with van der Waals surface area (Å²) in [6.07, 6.45) is 0. The van der Waals surface area contributed by atoms with Gasteiger partial charge < -0.3 is 15.6 Å². The molecule has 0 radical (unpaired) electrons. The molecule has 31 heavy (non-hydrogen) atoms. The summed E-state index contributed by atoms with van der Waals surface area (Å²) < 4.78 is 1.08. The quantitative estimate of drug-likeness (QED) is 0.465. The van der Waals surface area contributed by atoms with Crippen LogP contribution in [-0.2, 0) is 16.9 Å². The van der Waals surface area contributed by atoms with Crippen molar-refractivity contribution in [1.82, 2.24) is 20.2 Å². The van der Waals surface area contributed by atoms with Crippen molar-refractivity contribution in [3.63, 3.8) is 0 Å². The average molecular weight is 421 g/mol. The minimum atomic E-state index is -1.25. The number of amides is 4. The van der Waals surface area contributed by atoms with E-state index in [1.165, 1.54) is 18.2 Å². The molecule has 1 aliphatic heterocycles. The number of benzene rings is 2. The highest BCUT2D eigenvalue weighted by Gasteiger charge is 2.43. The number of H-pyrrole nitrogens is 1. The Hall–Kier alpha value is -4.21. The maximum atomic E-state index is 12.7. The van der Waals surface area contributed by atoms with E-state index in [1.807, 2.05) is 0 Å². The summed E-state index contributed by atoms with van der Waals surface area (Å²) in [7, 11) is 0. The summed E-state index contributed by atoms with van der Waals surface area (Å²) in [4.78, 5) is 63.4. The zero-order valence-electron chi connectivity index (χ0n) is 16.7. The summed E-state index contributed by atoms with van der Waals surface area (Å²) in [6.45, 7) is 3.50. The van der Waals surface area contributed by atoms with Crippen molar-refractivity contribution in [2.24, 2.45) is 0 Å². The Morgan fingerprint density at radius 2 is 1.87 bits per heavy atom. The van der Waals surface area contributed by atoms with Crippen LogP contribution in [0.3, 0.4) is 0 Å². The number of nitrogens with zero attached hydrogens (tertiary/aromatic N) is 1. The zero-order chi connectivity index (χ0) is 22.3. The normalized spacial score (nSPS) is 18.0.